The van der Waals surface area contributed by atoms with E-state index in [1.165, 1.54) is 17.1 Å². The summed E-state index contributed by atoms with van der Waals surface area (Å²) in [7, 11) is 0. The normalized spacial score (nSPS) is 11.3. The van der Waals surface area contributed by atoms with Crippen LogP contribution in [0.15, 0.2) is 54.9 Å². The molecule has 0 aliphatic rings. The van der Waals surface area contributed by atoms with Gasteiger partial charge in [-0.3, -0.25) is 5.32 Å². The Balaban J connectivity index is 1.61. The summed E-state index contributed by atoms with van der Waals surface area (Å²) in [5, 5.41) is 10.8. The molecule has 2 aromatic carbocycles. The van der Waals surface area contributed by atoms with Crippen LogP contribution < -0.4 is 10.6 Å². The molecule has 140 valence electrons. The molecule has 0 saturated carbocycles. The second kappa shape index (κ2) is 7.93. The quantitative estimate of drug-likeness (QED) is 0.603. The topological polar surface area (TPSA) is 54.8 Å². The van der Waals surface area contributed by atoms with Crippen molar-refractivity contribution in [1.82, 2.24) is 14.8 Å². The molecule has 0 radical (unpaired) electrons. The van der Waals surface area contributed by atoms with Crippen LogP contribution in [0.5, 0.6) is 0 Å². The van der Waals surface area contributed by atoms with Gasteiger partial charge in [0.1, 0.15) is 6.33 Å². The van der Waals surface area contributed by atoms with Gasteiger partial charge >= 0.3 is 6.18 Å². The zero-order chi connectivity index (χ0) is 19.4. The van der Waals surface area contributed by atoms with E-state index < -0.39 is 11.7 Å². The maximum Gasteiger partial charge on any atom is 0.416 e. The van der Waals surface area contributed by atoms with Gasteiger partial charge < -0.3 is 5.32 Å². The van der Waals surface area contributed by atoms with Crippen molar-refractivity contribution in [2.45, 2.75) is 12.7 Å². The predicted octanol–water partition coefficient (Wildman–Crippen LogP) is 4.81. The molecule has 0 amide bonds. The fourth-order valence-corrected chi connectivity index (χ4v) is 2.59. The molecule has 2 N–H and O–H groups in total. The third-order valence-electron chi connectivity index (χ3n) is 3.46. The molecule has 0 fully saturated rings. The lowest BCUT2D eigenvalue weighted by atomic mass is 10.1. The summed E-state index contributed by atoms with van der Waals surface area (Å²) in [5.41, 5.74) is 0.496. The lowest BCUT2D eigenvalue weighted by molar-refractivity contribution is -0.137. The summed E-state index contributed by atoms with van der Waals surface area (Å²) in [6.45, 7) is 0.149. The van der Waals surface area contributed by atoms with Gasteiger partial charge in [-0.15, -0.1) is 5.10 Å². The van der Waals surface area contributed by atoms with Crippen molar-refractivity contribution < 1.29 is 13.2 Å². The monoisotopic (exact) mass is 411 g/mol. The van der Waals surface area contributed by atoms with Gasteiger partial charge in [-0.05, 0) is 54.2 Å². The number of hydrogen-bond donors (Lipinski definition) is 2. The van der Waals surface area contributed by atoms with Crippen LogP contribution in [-0.4, -0.2) is 19.9 Å². The standard InChI is InChI=1S/C17H13ClF3N5S/c18-13-4-6-14(7-5-13)23-16(27)24-15-22-10-26(25-15)9-11-2-1-3-12(8-11)17(19,20)21/h1-8,10H,9H2,(H2,23,24,25,27). The Labute approximate surface area is 163 Å². The summed E-state index contributed by atoms with van der Waals surface area (Å²) in [5.74, 6) is 0.230. The number of anilines is 2. The Morgan fingerprint density at radius 2 is 1.85 bits per heavy atom. The van der Waals surface area contributed by atoms with E-state index in [4.69, 9.17) is 23.8 Å². The van der Waals surface area contributed by atoms with E-state index in [0.717, 1.165) is 17.8 Å². The minimum absolute atomic E-state index is 0.149. The summed E-state index contributed by atoms with van der Waals surface area (Å²) >= 11 is 11.0. The van der Waals surface area contributed by atoms with E-state index in [0.29, 0.717) is 10.6 Å². The first-order valence-electron chi connectivity index (χ1n) is 7.69. The van der Waals surface area contributed by atoms with Gasteiger partial charge in [-0.25, -0.2) is 9.67 Å². The van der Waals surface area contributed by atoms with Crippen LogP contribution in [0.3, 0.4) is 0 Å². The van der Waals surface area contributed by atoms with E-state index >= 15 is 0 Å². The van der Waals surface area contributed by atoms with Crippen LogP contribution in [0.25, 0.3) is 0 Å². The number of hydrogen-bond acceptors (Lipinski definition) is 3. The van der Waals surface area contributed by atoms with Gasteiger partial charge in [-0.1, -0.05) is 23.7 Å². The smallest absolute Gasteiger partial charge is 0.332 e. The van der Waals surface area contributed by atoms with Crippen molar-refractivity contribution in [3.63, 3.8) is 0 Å². The Kier molecular flexibility index (Phi) is 5.62. The maximum atomic E-state index is 12.8. The van der Waals surface area contributed by atoms with Gasteiger partial charge in [0, 0.05) is 10.7 Å². The average molecular weight is 412 g/mol. The Morgan fingerprint density at radius 3 is 2.56 bits per heavy atom. The van der Waals surface area contributed by atoms with Crippen molar-refractivity contribution in [3.05, 3.63) is 71.0 Å². The van der Waals surface area contributed by atoms with Crippen molar-refractivity contribution >= 4 is 40.6 Å². The molecule has 3 aromatic rings. The second-order valence-electron chi connectivity index (χ2n) is 5.55. The van der Waals surface area contributed by atoms with Crippen LogP contribution in [0.2, 0.25) is 5.02 Å². The molecule has 0 atom stereocenters. The zero-order valence-electron chi connectivity index (χ0n) is 13.7. The molecular weight excluding hydrogens is 399 g/mol. The number of nitrogens with zero attached hydrogens (tertiary/aromatic N) is 3. The van der Waals surface area contributed by atoms with E-state index in [1.54, 1.807) is 30.3 Å². The molecule has 1 heterocycles. The number of rotatable bonds is 4. The van der Waals surface area contributed by atoms with Gasteiger partial charge in [-0.2, -0.15) is 13.2 Å². The van der Waals surface area contributed by atoms with E-state index in [2.05, 4.69) is 20.7 Å². The molecule has 0 unspecified atom stereocenters. The van der Waals surface area contributed by atoms with Crippen LogP contribution in [-0.2, 0) is 12.7 Å². The average Bonchev–Trinajstić information content (AvgIpc) is 3.03. The van der Waals surface area contributed by atoms with Crippen LogP contribution in [0.4, 0.5) is 24.8 Å². The number of thiocarbonyl (C=S) groups is 1. The molecule has 5 nitrogen and oxygen atoms in total. The van der Waals surface area contributed by atoms with Crippen LogP contribution in [0, 0.1) is 0 Å². The lowest BCUT2D eigenvalue weighted by Gasteiger charge is -2.09. The summed E-state index contributed by atoms with van der Waals surface area (Å²) in [6.07, 6.45) is -2.97. The fourth-order valence-electron chi connectivity index (χ4n) is 2.26. The van der Waals surface area contributed by atoms with Crippen molar-refractivity contribution in [1.29, 1.82) is 0 Å². The van der Waals surface area contributed by atoms with Crippen molar-refractivity contribution in [2.75, 3.05) is 10.6 Å². The number of aromatic nitrogens is 3. The van der Waals surface area contributed by atoms with Crippen LogP contribution >= 0.6 is 23.8 Å². The molecule has 1 aromatic heterocycles. The number of nitrogens with one attached hydrogen (secondary N) is 2. The molecule has 10 heteroatoms. The van der Waals surface area contributed by atoms with Gasteiger partial charge in [0.15, 0.2) is 5.11 Å². The molecule has 0 saturated heterocycles. The first kappa shape index (κ1) is 19.1. The maximum absolute atomic E-state index is 12.8. The summed E-state index contributed by atoms with van der Waals surface area (Å²) in [4.78, 5) is 4.05. The Hall–Kier alpha value is -2.65. The van der Waals surface area contributed by atoms with Gasteiger partial charge in [0.2, 0.25) is 5.95 Å². The number of alkyl halides is 3. The largest absolute Gasteiger partial charge is 0.416 e. The number of halogens is 4. The summed E-state index contributed by atoms with van der Waals surface area (Å²) in [6, 6.07) is 12.0. The highest BCUT2D eigenvalue weighted by Gasteiger charge is 2.30. The van der Waals surface area contributed by atoms with E-state index in [1.807, 2.05) is 0 Å². The lowest BCUT2D eigenvalue weighted by Crippen LogP contribution is -2.20. The second-order valence-corrected chi connectivity index (χ2v) is 6.39. The fraction of sp³-hybridized carbons (Fsp3) is 0.118. The van der Waals surface area contributed by atoms with Crippen molar-refractivity contribution in [3.8, 4) is 0 Å². The Bertz CT molecular complexity index is 940. The Morgan fingerprint density at radius 1 is 1.11 bits per heavy atom. The molecule has 0 bridgehead atoms. The minimum Gasteiger partial charge on any atom is -0.332 e. The highest BCUT2D eigenvalue weighted by molar-refractivity contribution is 7.80. The first-order chi connectivity index (χ1) is 12.8. The minimum atomic E-state index is -4.38. The summed E-state index contributed by atoms with van der Waals surface area (Å²) < 4.78 is 39.8. The highest BCUT2D eigenvalue weighted by Crippen LogP contribution is 2.29. The van der Waals surface area contributed by atoms with Gasteiger partial charge in [0.05, 0.1) is 12.1 Å². The molecule has 27 heavy (non-hydrogen) atoms. The predicted molar refractivity (Wildman–Crippen MR) is 102 cm³/mol. The van der Waals surface area contributed by atoms with E-state index in [9.17, 15) is 13.2 Å². The highest BCUT2D eigenvalue weighted by atomic mass is 35.5. The van der Waals surface area contributed by atoms with Gasteiger partial charge in [0.25, 0.3) is 0 Å². The SMILES string of the molecule is FC(F)(F)c1cccc(Cn2cnc(NC(=S)Nc3ccc(Cl)cc3)n2)c1. The molecular formula is C17H13ClF3N5S. The first-order valence-corrected chi connectivity index (χ1v) is 8.47. The third-order valence-corrected chi connectivity index (χ3v) is 3.92. The molecule has 0 aliphatic carbocycles. The number of benzene rings is 2. The van der Waals surface area contributed by atoms with Crippen LogP contribution in [0.1, 0.15) is 11.1 Å². The molecule has 0 aliphatic heterocycles. The third kappa shape index (κ3) is 5.41. The van der Waals surface area contributed by atoms with E-state index in [-0.39, 0.29) is 17.6 Å². The zero-order valence-corrected chi connectivity index (χ0v) is 15.2. The molecule has 3 rings (SSSR count). The molecule has 0 spiro atoms. The van der Waals surface area contributed by atoms with Crippen molar-refractivity contribution in [2.24, 2.45) is 0 Å².